The van der Waals surface area contributed by atoms with Gasteiger partial charge in [0.25, 0.3) is 5.91 Å². The minimum atomic E-state index is -0.576. The standard InChI is InChI=1S/C26H29N3O3S/c30-24-12-11-22(25(31)27-24)29-16-21-20(26(29)32)5-4-6-23(21)33-17-19-9-7-18(8-10-19)15-28-13-2-1-3-14-28/h4-10,22H,1-3,11-17H2,(H,27,30,31). The number of carbonyl (C=O) groups is 3. The summed E-state index contributed by atoms with van der Waals surface area (Å²) in [5, 5.41) is 2.37. The molecule has 0 aliphatic carbocycles. The SMILES string of the molecule is O=C1CCC(N2Cc3c(SCc4ccc(CN5CCCCC5)cc4)cccc3C2=O)C(=O)N1. The Morgan fingerprint density at radius 2 is 1.70 bits per heavy atom. The van der Waals surface area contributed by atoms with E-state index in [2.05, 4.69) is 40.5 Å². The molecule has 3 aliphatic rings. The lowest BCUT2D eigenvalue weighted by atomic mass is 10.0. The molecule has 0 spiro atoms. The average molecular weight is 464 g/mol. The highest BCUT2D eigenvalue weighted by atomic mass is 32.2. The fourth-order valence-electron chi connectivity index (χ4n) is 4.97. The van der Waals surface area contributed by atoms with Crippen molar-refractivity contribution in [1.82, 2.24) is 15.1 Å². The van der Waals surface area contributed by atoms with Crippen LogP contribution in [0.1, 0.15) is 59.2 Å². The topological polar surface area (TPSA) is 69.7 Å². The lowest BCUT2D eigenvalue weighted by Crippen LogP contribution is -2.52. The molecule has 172 valence electrons. The van der Waals surface area contributed by atoms with E-state index in [-0.39, 0.29) is 24.1 Å². The summed E-state index contributed by atoms with van der Waals surface area (Å²) < 4.78 is 0. The second-order valence-electron chi connectivity index (χ2n) is 9.12. The van der Waals surface area contributed by atoms with Crippen molar-refractivity contribution in [1.29, 1.82) is 0 Å². The molecule has 33 heavy (non-hydrogen) atoms. The predicted octanol–water partition coefficient (Wildman–Crippen LogP) is 3.73. The molecule has 1 atom stereocenters. The fraction of sp³-hybridized carbons (Fsp3) is 0.423. The number of nitrogens with zero attached hydrogens (tertiary/aromatic N) is 2. The summed E-state index contributed by atoms with van der Waals surface area (Å²) in [5.41, 5.74) is 4.27. The van der Waals surface area contributed by atoms with Crippen molar-refractivity contribution in [2.75, 3.05) is 13.1 Å². The molecule has 2 saturated heterocycles. The molecule has 2 aromatic carbocycles. The van der Waals surface area contributed by atoms with Crippen LogP contribution in [0.2, 0.25) is 0 Å². The number of rotatable bonds is 6. The molecule has 2 fully saturated rings. The van der Waals surface area contributed by atoms with E-state index in [4.69, 9.17) is 0 Å². The molecular formula is C26H29N3O3S. The van der Waals surface area contributed by atoms with Gasteiger partial charge in [0.2, 0.25) is 11.8 Å². The molecule has 5 rings (SSSR count). The van der Waals surface area contributed by atoms with Gasteiger partial charge in [-0.2, -0.15) is 0 Å². The summed E-state index contributed by atoms with van der Waals surface area (Å²) in [6, 6.07) is 14.1. The van der Waals surface area contributed by atoms with Gasteiger partial charge in [0.05, 0.1) is 0 Å². The Morgan fingerprint density at radius 1 is 0.939 bits per heavy atom. The van der Waals surface area contributed by atoms with Crippen LogP contribution in [0.5, 0.6) is 0 Å². The largest absolute Gasteiger partial charge is 0.322 e. The van der Waals surface area contributed by atoms with Crippen molar-refractivity contribution in [3.8, 4) is 0 Å². The molecule has 6 nitrogen and oxygen atoms in total. The number of benzene rings is 2. The zero-order valence-corrected chi connectivity index (χ0v) is 19.5. The lowest BCUT2D eigenvalue weighted by molar-refractivity contribution is -0.136. The molecule has 3 heterocycles. The number of nitrogens with one attached hydrogen (secondary N) is 1. The van der Waals surface area contributed by atoms with Crippen LogP contribution in [0, 0.1) is 0 Å². The Kier molecular flexibility index (Phi) is 6.51. The monoisotopic (exact) mass is 463 g/mol. The van der Waals surface area contributed by atoms with E-state index in [1.807, 2.05) is 12.1 Å². The van der Waals surface area contributed by atoms with Crippen LogP contribution < -0.4 is 5.32 Å². The molecule has 7 heteroatoms. The first-order valence-electron chi connectivity index (χ1n) is 11.8. The second-order valence-corrected chi connectivity index (χ2v) is 10.1. The Morgan fingerprint density at radius 3 is 2.45 bits per heavy atom. The van der Waals surface area contributed by atoms with Gasteiger partial charge < -0.3 is 4.90 Å². The number of imide groups is 1. The third-order valence-electron chi connectivity index (χ3n) is 6.81. The molecule has 0 aromatic heterocycles. The normalized spacial score (nSPS) is 21.3. The van der Waals surface area contributed by atoms with Gasteiger partial charge in [0.15, 0.2) is 0 Å². The number of amides is 3. The van der Waals surface area contributed by atoms with Gasteiger partial charge in [0, 0.05) is 35.7 Å². The maximum atomic E-state index is 13.0. The molecule has 1 unspecified atom stereocenters. The van der Waals surface area contributed by atoms with E-state index in [1.165, 1.54) is 43.5 Å². The molecule has 0 saturated carbocycles. The van der Waals surface area contributed by atoms with E-state index in [0.29, 0.717) is 18.5 Å². The van der Waals surface area contributed by atoms with Crippen molar-refractivity contribution >= 4 is 29.5 Å². The van der Waals surface area contributed by atoms with Crippen LogP contribution in [-0.2, 0) is 28.4 Å². The molecule has 3 aliphatic heterocycles. The van der Waals surface area contributed by atoms with Crippen molar-refractivity contribution < 1.29 is 14.4 Å². The summed E-state index contributed by atoms with van der Waals surface area (Å²) in [5.74, 6) is 0.0708. The molecule has 2 aromatic rings. The molecule has 0 bridgehead atoms. The van der Waals surface area contributed by atoms with Gasteiger partial charge in [-0.15, -0.1) is 11.8 Å². The van der Waals surface area contributed by atoms with E-state index in [1.54, 1.807) is 16.7 Å². The number of hydrogen-bond donors (Lipinski definition) is 1. The molecule has 1 N–H and O–H groups in total. The van der Waals surface area contributed by atoms with E-state index < -0.39 is 6.04 Å². The quantitative estimate of drug-likeness (QED) is 0.522. The van der Waals surface area contributed by atoms with Crippen LogP contribution in [-0.4, -0.2) is 46.7 Å². The number of piperidine rings is 2. The van der Waals surface area contributed by atoms with E-state index in [9.17, 15) is 14.4 Å². The highest BCUT2D eigenvalue weighted by molar-refractivity contribution is 7.98. The first kappa shape index (κ1) is 22.2. The summed E-state index contributed by atoms with van der Waals surface area (Å²) in [7, 11) is 0. The highest BCUT2D eigenvalue weighted by Gasteiger charge is 2.39. The van der Waals surface area contributed by atoms with Crippen LogP contribution in [0.3, 0.4) is 0 Å². The Bertz CT molecular complexity index is 1060. The second kappa shape index (κ2) is 9.69. The van der Waals surface area contributed by atoms with Crippen molar-refractivity contribution in [3.63, 3.8) is 0 Å². The summed E-state index contributed by atoms with van der Waals surface area (Å²) in [6.07, 6.45) is 4.62. The summed E-state index contributed by atoms with van der Waals surface area (Å²) >= 11 is 1.73. The molecule has 3 amide bonds. The Labute approximate surface area is 198 Å². The van der Waals surface area contributed by atoms with Gasteiger partial charge in [0.1, 0.15) is 6.04 Å². The number of thioether (sulfide) groups is 1. The van der Waals surface area contributed by atoms with E-state index in [0.717, 1.165) is 22.8 Å². The predicted molar refractivity (Wildman–Crippen MR) is 128 cm³/mol. The van der Waals surface area contributed by atoms with Gasteiger partial charge in [-0.05, 0) is 61.2 Å². The summed E-state index contributed by atoms with van der Waals surface area (Å²) in [4.78, 5) is 42.0. The first-order valence-corrected chi connectivity index (χ1v) is 12.8. The minimum Gasteiger partial charge on any atom is -0.322 e. The van der Waals surface area contributed by atoms with E-state index >= 15 is 0 Å². The number of fused-ring (bicyclic) bond motifs is 1. The van der Waals surface area contributed by atoms with Gasteiger partial charge in [-0.3, -0.25) is 24.6 Å². The van der Waals surface area contributed by atoms with Crippen molar-refractivity contribution in [2.45, 2.75) is 61.9 Å². The Hall–Kier alpha value is -2.64. The lowest BCUT2D eigenvalue weighted by Gasteiger charge is -2.29. The smallest absolute Gasteiger partial charge is 0.255 e. The third kappa shape index (κ3) is 4.84. The van der Waals surface area contributed by atoms with Gasteiger partial charge in [-0.1, -0.05) is 36.8 Å². The van der Waals surface area contributed by atoms with Crippen molar-refractivity contribution in [3.05, 3.63) is 64.7 Å². The Balaban J connectivity index is 1.23. The zero-order chi connectivity index (χ0) is 22.8. The van der Waals surface area contributed by atoms with Crippen molar-refractivity contribution in [2.24, 2.45) is 0 Å². The number of likely N-dealkylation sites (tertiary alicyclic amines) is 1. The zero-order valence-electron chi connectivity index (χ0n) is 18.7. The number of carbonyl (C=O) groups excluding carboxylic acids is 3. The fourth-order valence-corrected chi connectivity index (χ4v) is 6.01. The van der Waals surface area contributed by atoms with Crippen LogP contribution in [0.25, 0.3) is 0 Å². The average Bonchev–Trinajstić information content (AvgIpc) is 3.16. The van der Waals surface area contributed by atoms with Crippen LogP contribution in [0.15, 0.2) is 47.4 Å². The maximum Gasteiger partial charge on any atom is 0.255 e. The van der Waals surface area contributed by atoms with Gasteiger partial charge >= 0.3 is 0 Å². The highest BCUT2D eigenvalue weighted by Crippen LogP contribution is 2.35. The van der Waals surface area contributed by atoms with Gasteiger partial charge in [-0.25, -0.2) is 0 Å². The maximum absolute atomic E-state index is 13.0. The minimum absolute atomic E-state index is 0.121. The molecule has 0 radical (unpaired) electrons. The molecular weight excluding hydrogens is 434 g/mol. The third-order valence-corrected chi connectivity index (χ3v) is 7.98. The first-order chi connectivity index (χ1) is 16.1. The number of hydrogen-bond acceptors (Lipinski definition) is 5. The van der Waals surface area contributed by atoms with Crippen LogP contribution >= 0.6 is 11.8 Å². The summed E-state index contributed by atoms with van der Waals surface area (Å²) in [6.45, 7) is 3.84. The van der Waals surface area contributed by atoms with Crippen LogP contribution in [0.4, 0.5) is 0 Å².